The fraction of sp³-hybridized carbons (Fsp3) is 0.760. The molecule has 1 saturated carbocycles. The maximum Gasteiger partial charge on any atom is -0.0132 e. The van der Waals surface area contributed by atoms with Crippen LogP contribution in [0.25, 0.3) is 0 Å². The lowest BCUT2D eigenvalue weighted by Gasteiger charge is -2.45. The van der Waals surface area contributed by atoms with Crippen LogP contribution >= 0.6 is 0 Å². The Morgan fingerprint density at radius 3 is 1.64 bits per heavy atom. The van der Waals surface area contributed by atoms with Crippen LogP contribution < -0.4 is 0 Å². The molecule has 1 aromatic rings. The molecule has 1 aliphatic rings. The first kappa shape index (κ1) is 20.5. The lowest BCUT2D eigenvalue weighted by molar-refractivity contribution is 0.0630. The summed E-state index contributed by atoms with van der Waals surface area (Å²) in [4.78, 5) is 0. The second-order valence-electron chi connectivity index (χ2n) is 11.2. The third-order valence-electron chi connectivity index (χ3n) is 7.00. The van der Waals surface area contributed by atoms with Crippen molar-refractivity contribution < 1.29 is 0 Å². The highest BCUT2D eigenvalue weighted by molar-refractivity contribution is 5.40. The van der Waals surface area contributed by atoms with Gasteiger partial charge in [-0.3, -0.25) is 0 Å². The Hall–Kier alpha value is -0.780. The Morgan fingerprint density at radius 2 is 1.28 bits per heavy atom. The molecule has 0 aliphatic heterocycles. The molecule has 0 heteroatoms. The molecule has 0 aromatic heterocycles. The molecule has 2 rings (SSSR count). The van der Waals surface area contributed by atoms with Gasteiger partial charge in [0.25, 0.3) is 0 Å². The second-order valence-corrected chi connectivity index (χ2v) is 11.2. The number of hydrogen-bond acceptors (Lipinski definition) is 0. The molecule has 0 unspecified atom stereocenters. The van der Waals surface area contributed by atoms with E-state index in [1.165, 1.54) is 36.0 Å². The molecule has 0 bridgehead atoms. The van der Waals surface area contributed by atoms with Crippen LogP contribution in [-0.4, -0.2) is 0 Å². The summed E-state index contributed by atoms with van der Waals surface area (Å²) in [5, 5.41) is 0. The van der Waals surface area contributed by atoms with Gasteiger partial charge in [-0.2, -0.15) is 0 Å². The molecular formula is C25H42. The molecule has 0 N–H and O–H groups in total. The first-order valence-electron chi connectivity index (χ1n) is 10.4. The van der Waals surface area contributed by atoms with Crippen LogP contribution in [0.5, 0.6) is 0 Å². The molecule has 0 saturated heterocycles. The smallest absolute Gasteiger partial charge is 0.0132 e. The van der Waals surface area contributed by atoms with E-state index < -0.39 is 0 Å². The summed E-state index contributed by atoms with van der Waals surface area (Å²) >= 11 is 0. The zero-order chi connectivity index (χ0) is 19.2. The van der Waals surface area contributed by atoms with Gasteiger partial charge in [-0.15, -0.1) is 0 Å². The number of aryl methyl sites for hydroxylation is 2. The molecule has 1 aromatic carbocycles. The Balaban J connectivity index is 2.23. The molecule has 142 valence electrons. The number of hydrogen-bond donors (Lipinski definition) is 0. The van der Waals surface area contributed by atoms with Crippen LogP contribution in [-0.2, 0) is 11.8 Å². The highest BCUT2D eigenvalue weighted by Crippen LogP contribution is 2.46. The van der Waals surface area contributed by atoms with Gasteiger partial charge in [0, 0.05) is 0 Å². The van der Waals surface area contributed by atoms with E-state index in [-0.39, 0.29) is 5.41 Å². The van der Waals surface area contributed by atoms with Gasteiger partial charge in [-0.1, -0.05) is 67.5 Å². The second kappa shape index (κ2) is 7.09. The maximum absolute atomic E-state index is 2.51. The van der Waals surface area contributed by atoms with Crippen molar-refractivity contribution in [2.75, 3.05) is 0 Å². The van der Waals surface area contributed by atoms with Crippen LogP contribution in [0.2, 0.25) is 0 Å². The summed E-state index contributed by atoms with van der Waals surface area (Å²) in [6.07, 6.45) is 4.06. The predicted molar refractivity (Wildman–Crippen MR) is 112 cm³/mol. The van der Waals surface area contributed by atoms with Gasteiger partial charge < -0.3 is 0 Å². The monoisotopic (exact) mass is 342 g/mol. The standard InChI is InChI=1S/C25H42/c1-16-11-20(24(5,6)7)12-17(2)22(16)15-23-18(3)13-21(14-19(23)4)25(8,9)10/h11-12,18-19,21,23H,13-15H2,1-10H3/t18-,19-,21?,23?/m0/s1. The number of rotatable bonds is 2. The molecule has 1 aliphatic carbocycles. The van der Waals surface area contributed by atoms with E-state index in [1.807, 2.05) is 0 Å². The van der Waals surface area contributed by atoms with Crippen molar-refractivity contribution in [2.45, 2.75) is 93.9 Å². The third-order valence-corrected chi connectivity index (χ3v) is 7.00. The minimum absolute atomic E-state index is 0.236. The minimum Gasteiger partial charge on any atom is -0.0622 e. The summed E-state index contributed by atoms with van der Waals surface area (Å²) in [7, 11) is 0. The Bertz CT molecular complexity index is 558. The zero-order valence-electron chi connectivity index (χ0n) is 18.6. The van der Waals surface area contributed by atoms with Gasteiger partial charge >= 0.3 is 0 Å². The molecule has 0 radical (unpaired) electrons. The highest BCUT2D eigenvalue weighted by atomic mass is 14.4. The highest BCUT2D eigenvalue weighted by Gasteiger charge is 2.38. The van der Waals surface area contributed by atoms with Crippen molar-refractivity contribution in [1.29, 1.82) is 0 Å². The maximum atomic E-state index is 2.51. The van der Waals surface area contributed by atoms with Crippen LogP contribution in [0, 0.1) is 42.9 Å². The Morgan fingerprint density at radius 1 is 0.840 bits per heavy atom. The van der Waals surface area contributed by atoms with Gasteiger partial charge in [-0.25, -0.2) is 0 Å². The van der Waals surface area contributed by atoms with Crippen LogP contribution in [0.4, 0.5) is 0 Å². The summed E-state index contributed by atoms with van der Waals surface area (Å²) in [5.74, 6) is 3.36. The van der Waals surface area contributed by atoms with Gasteiger partial charge in [0.05, 0.1) is 0 Å². The van der Waals surface area contributed by atoms with Crippen molar-refractivity contribution in [3.8, 4) is 0 Å². The summed E-state index contributed by atoms with van der Waals surface area (Å²) in [6, 6.07) is 4.89. The minimum atomic E-state index is 0.236. The van der Waals surface area contributed by atoms with Crippen LogP contribution in [0.1, 0.15) is 90.5 Å². The largest absolute Gasteiger partial charge is 0.0622 e. The molecular weight excluding hydrogens is 300 g/mol. The van der Waals surface area contributed by atoms with E-state index in [0.29, 0.717) is 5.41 Å². The van der Waals surface area contributed by atoms with Crippen molar-refractivity contribution in [2.24, 2.45) is 29.1 Å². The molecule has 0 nitrogen and oxygen atoms in total. The fourth-order valence-electron chi connectivity index (χ4n) is 5.00. The van der Waals surface area contributed by atoms with Crippen molar-refractivity contribution >= 4 is 0 Å². The molecule has 1 fully saturated rings. The Labute approximate surface area is 157 Å². The Kier molecular flexibility index (Phi) is 5.82. The SMILES string of the molecule is Cc1cc(C(C)(C)C)cc(C)c1CC1[C@@H](C)CC(C(C)(C)C)C[C@@H]1C. The fourth-order valence-corrected chi connectivity index (χ4v) is 5.00. The van der Waals surface area contributed by atoms with Crippen molar-refractivity contribution in [3.63, 3.8) is 0 Å². The summed E-state index contributed by atoms with van der Waals surface area (Å²) < 4.78 is 0. The van der Waals surface area contributed by atoms with Crippen LogP contribution in [0.15, 0.2) is 12.1 Å². The van der Waals surface area contributed by atoms with E-state index in [2.05, 4.69) is 81.4 Å². The molecule has 2 atom stereocenters. The normalized spacial score (nSPS) is 28.2. The number of benzene rings is 1. The van der Waals surface area contributed by atoms with Crippen molar-refractivity contribution in [3.05, 3.63) is 34.4 Å². The van der Waals surface area contributed by atoms with Gasteiger partial charge in [-0.05, 0) is 89.9 Å². The average molecular weight is 343 g/mol. The molecule has 0 amide bonds. The summed E-state index contributed by atoms with van der Waals surface area (Å²) in [6.45, 7) is 23.9. The van der Waals surface area contributed by atoms with E-state index >= 15 is 0 Å². The van der Waals surface area contributed by atoms with E-state index in [9.17, 15) is 0 Å². The zero-order valence-corrected chi connectivity index (χ0v) is 18.6. The average Bonchev–Trinajstić information content (AvgIpc) is 2.42. The van der Waals surface area contributed by atoms with E-state index in [4.69, 9.17) is 0 Å². The lowest BCUT2D eigenvalue weighted by Crippen LogP contribution is -2.36. The molecule has 25 heavy (non-hydrogen) atoms. The van der Waals surface area contributed by atoms with Gasteiger partial charge in [0.15, 0.2) is 0 Å². The summed E-state index contributed by atoms with van der Waals surface area (Å²) in [5.41, 5.74) is 6.78. The van der Waals surface area contributed by atoms with E-state index in [0.717, 1.165) is 23.7 Å². The van der Waals surface area contributed by atoms with Gasteiger partial charge in [0.2, 0.25) is 0 Å². The van der Waals surface area contributed by atoms with Gasteiger partial charge in [0.1, 0.15) is 0 Å². The van der Waals surface area contributed by atoms with Crippen LogP contribution in [0.3, 0.4) is 0 Å². The molecule has 0 heterocycles. The van der Waals surface area contributed by atoms with E-state index in [1.54, 1.807) is 5.56 Å². The quantitative estimate of drug-likeness (QED) is 0.522. The first-order valence-corrected chi connectivity index (χ1v) is 10.4. The lowest BCUT2D eigenvalue weighted by atomic mass is 9.61. The topological polar surface area (TPSA) is 0 Å². The third kappa shape index (κ3) is 4.69. The molecule has 0 spiro atoms. The first-order chi connectivity index (χ1) is 11.3. The predicted octanol–water partition coefficient (Wildman–Crippen LogP) is 7.49. The van der Waals surface area contributed by atoms with Crippen molar-refractivity contribution in [1.82, 2.24) is 0 Å².